The zero-order valence-corrected chi connectivity index (χ0v) is 11.8. The predicted octanol–water partition coefficient (Wildman–Crippen LogP) is 4.36. The Bertz CT molecular complexity index is 406. The third kappa shape index (κ3) is 7.67. The van der Waals surface area contributed by atoms with Crippen LogP contribution in [0.2, 0.25) is 0 Å². The van der Waals surface area contributed by atoms with E-state index in [2.05, 4.69) is 17.9 Å². The average Bonchev–Trinajstić information content (AvgIpc) is 2.43. The number of carbonyl (C=O) groups excluding carboxylic acids is 1. The summed E-state index contributed by atoms with van der Waals surface area (Å²) >= 11 is 3.84. The number of rotatable bonds is 8. The Labute approximate surface area is 119 Å². The minimum atomic E-state index is -0.176. The van der Waals surface area contributed by atoms with Gasteiger partial charge in [-0.1, -0.05) is 30.7 Å². The van der Waals surface area contributed by atoms with Crippen molar-refractivity contribution in [2.24, 2.45) is 0 Å². The molecule has 2 nitrogen and oxygen atoms in total. The zero-order chi connectivity index (χ0) is 13.9. The Morgan fingerprint density at radius 1 is 1.21 bits per heavy atom. The Morgan fingerprint density at radius 3 is 2.63 bits per heavy atom. The summed E-state index contributed by atoms with van der Waals surface area (Å²) in [7, 11) is 0. The topological polar surface area (TPSA) is 29.1 Å². The van der Waals surface area contributed by atoms with Crippen molar-refractivity contribution in [2.45, 2.75) is 32.1 Å². The second-order valence-corrected chi connectivity index (χ2v) is 4.64. The largest absolute Gasteiger partial charge is 0.326 e. The molecule has 19 heavy (non-hydrogen) atoms. The average molecular weight is 281 g/mol. The van der Waals surface area contributed by atoms with E-state index in [0.717, 1.165) is 24.9 Å². The van der Waals surface area contributed by atoms with Crippen molar-refractivity contribution in [3.05, 3.63) is 42.2 Å². The van der Waals surface area contributed by atoms with Gasteiger partial charge in [0.25, 0.3) is 0 Å². The Balaban J connectivity index is 2.08. The molecule has 1 aromatic rings. The molecular weight excluding hydrogens is 261 g/mol. The van der Waals surface area contributed by atoms with Crippen LogP contribution in [0, 0.1) is 0 Å². The molecule has 0 unspecified atom stereocenters. The van der Waals surface area contributed by atoms with E-state index in [1.165, 1.54) is 0 Å². The summed E-state index contributed by atoms with van der Waals surface area (Å²) in [6.45, 7) is 0. The van der Waals surface area contributed by atoms with E-state index < -0.39 is 0 Å². The van der Waals surface area contributed by atoms with Crippen LogP contribution in [0.4, 0.5) is 10.1 Å². The van der Waals surface area contributed by atoms with Gasteiger partial charge >= 0.3 is 0 Å². The van der Waals surface area contributed by atoms with Crippen LogP contribution >= 0.6 is 12.6 Å². The highest BCUT2D eigenvalue weighted by Gasteiger charge is 2.01. The molecule has 0 radical (unpaired) electrons. The fourth-order valence-corrected chi connectivity index (χ4v) is 1.80. The number of carbonyl (C=O) groups is 1. The number of thiol groups is 1. The molecule has 0 saturated carbocycles. The Kier molecular flexibility index (Phi) is 7.98. The normalized spacial score (nSPS) is 11.4. The zero-order valence-electron chi connectivity index (χ0n) is 10.9. The molecule has 0 aromatic heterocycles. The molecule has 0 aliphatic carbocycles. The molecule has 1 amide bonds. The number of hydrogen-bond acceptors (Lipinski definition) is 2. The van der Waals surface area contributed by atoms with Crippen molar-refractivity contribution in [3.8, 4) is 0 Å². The maximum absolute atomic E-state index is 12.7. The van der Waals surface area contributed by atoms with Gasteiger partial charge in [0.15, 0.2) is 0 Å². The molecule has 0 atom stereocenters. The number of nitrogens with one attached hydrogen (secondary N) is 1. The highest BCUT2D eigenvalue weighted by atomic mass is 32.1. The van der Waals surface area contributed by atoms with E-state index in [-0.39, 0.29) is 17.5 Å². The van der Waals surface area contributed by atoms with Gasteiger partial charge in [-0.3, -0.25) is 4.79 Å². The van der Waals surface area contributed by atoms with Crippen molar-refractivity contribution in [1.29, 1.82) is 0 Å². The fourth-order valence-electron chi connectivity index (χ4n) is 1.67. The Morgan fingerprint density at radius 2 is 1.95 bits per heavy atom. The van der Waals surface area contributed by atoms with E-state index in [4.69, 9.17) is 0 Å². The van der Waals surface area contributed by atoms with Crippen LogP contribution in [0.1, 0.15) is 32.1 Å². The summed E-state index contributed by atoms with van der Waals surface area (Å²) in [6.07, 6.45) is 5.45. The van der Waals surface area contributed by atoms with Crippen LogP contribution in [-0.2, 0) is 4.79 Å². The lowest BCUT2D eigenvalue weighted by atomic mass is 10.1. The van der Waals surface area contributed by atoms with Crippen LogP contribution in [0.15, 0.2) is 42.2 Å². The third-order valence-electron chi connectivity index (χ3n) is 2.68. The van der Waals surface area contributed by atoms with Crippen LogP contribution in [-0.4, -0.2) is 11.7 Å². The standard InChI is InChI=1S/C15H20FNOS/c16-13(12-19)8-4-1-2-7-11-15(18)17-14-9-5-3-6-10-14/h3,5-6,8-10,19H,1-2,4,7,11-12H2,(H,17,18)/b13-8+. The quantitative estimate of drug-likeness (QED) is 0.538. The van der Waals surface area contributed by atoms with Gasteiger partial charge in [0.2, 0.25) is 5.91 Å². The molecule has 0 heterocycles. The molecule has 0 saturated heterocycles. The number of halogens is 1. The van der Waals surface area contributed by atoms with Crippen LogP contribution in [0.3, 0.4) is 0 Å². The van der Waals surface area contributed by atoms with Gasteiger partial charge in [-0.05, 0) is 31.4 Å². The highest BCUT2D eigenvalue weighted by Crippen LogP contribution is 2.09. The minimum absolute atomic E-state index is 0.0308. The second kappa shape index (κ2) is 9.62. The predicted molar refractivity (Wildman–Crippen MR) is 81.2 cm³/mol. The number of anilines is 1. The van der Waals surface area contributed by atoms with Gasteiger partial charge in [-0.2, -0.15) is 12.6 Å². The molecule has 0 aliphatic heterocycles. The maximum Gasteiger partial charge on any atom is 0.224 e. The summed E-state index contributed by atoms with van der Waals surface area (Å²) in [5.74, 6) is 0.0212. The number of hydrogen-bond donors (Lipinski definition) is 2. The summed E-state index contributed by atoms with van der Waals surface area (Å²) in [5.41, 5.74) is 0.825. The van der Waals surface area contributed by atoms with E-state index in [1.54, 1.807) is 6.08 Å². The third-order valence-corrected chi connectivity index (χ3v) is 2.98. The second-order valence-electron chi connectivity index (χ2n) is 4.32. The lowest BCUT2D eigenvalue weighted by Gasteiger charge is -2.04. The minimum Gasteiger partial charge on any atom is -0.326 e. The first-order chi connectivity index (χ1) is 9.22. The van der Waals surface area contributed by atoms with Gasteiger partial charge in [0.1, 0.15) is 5.83 Å². The number of allylic oxidation sites excluding steroid dienone is 1. The Hall–Kier alpha value is -1.29. The fraction of sp³-hybridized carbons (Fsp3) is 0.400. The van der Waals surface area contributed by atoms with Crippen molar-refractivity contribution < 1.29 is 9.18 Å². The molecule has 4 heteroatoms. The van der Waals surface area contributed by atoms with Crippen LogP contribution in [0.5, 0.6) is 0 Å². The number of amides is 1. The van der Waals surface area contributed by atoms with E-state index in [0.29, 0.717) is 12.8 Å². The SMILES string of the molecule is O=C(CCCCC/C=C(/F)CS)Nc1ccccc1. The molecule has 1 N–H and O–H groups in total. The van der Waals surface area contributed by atoms with Crippen molar-refractivity contribution in [2.75, 3.05) is 11.1 Å². The van der Waals surface area contributed by atoms with Crippen molar-refractivity contribution in [1.82, 2.24) is 0 Å². The molecule has 0 aliphatic rings. The molecule has 0 fully saturated rings. The highest BCUT2D eigenvalue weighted by molar-refractivity contribution is 7.80. The van der Waals surface area contributed by atoms with E-state index >= 15 is 0 Å². The van der Waals surface area contributed by atoms with Crippen LogP contribution in [0.25, 0.3) is 0 Å². The number of benzene rings is 1. The summed E-state index contributed by atoms with van der Waals surface area (Å²) in [6, 6.07) is 9.41. The van der Waals surface area contributed by atoms with E-state index in [1.807, 2.05) is 30.3 Å². The first-order valence-electron chi connectivity index (χ1n) is 6.52. The van der Waals surface area contributed by atoms with Gasteiger partial charge in [0, 0.05) is 17.9 Å². The summed E-state index contributed by atoms with van der Waals surface area (Å²) in [5, 5.41) is 2.84. The molecular formula is C15H20FNOS. The lowest BCUT2D eigenvalue weighted by Crippen LogP contribution is -2.10. The molecule has 1 aromatic carbocycles. The summed E-state index contributed by atoms with van der Waals surface area (Å²) < 4.78 is 12.7. The van der Waals surface area contributed by atoms with Gasteiger partial charge < -0.3 is 5.32 Å². The smallest absolute Gasteiger partial charge is 0.224 e. The lowest BCUT2D eigenvalue weighted by molar-refractivity contribution is -0.116. The first kappa shape index (κ1) is 15.8. The summed E-state index contributed by atoms with van der Waals surface area (Å²) in [4.78, 5) is 11.6. The van der Waals surface area contributed by atoms with Gasteiger partial charge in [-0.25, -0.2) is 4.39 Å². The molecule has 104 valence electrons. The van der Waals surface area contributed by atoms with Gasteiger partial charge in [0.05, 0.1) is 0 Å². The molecule has 1 rings (SSSR count). The number of unbranched alkanes of at least 4 members (excludes halogenated alkanes) is 3. The number of para-hydroxylation sites is 1. The first-order valence-corrected chi connectivity index (χ1v) is 7.16. The van der Waals surface area contributed by atoms with Crippen molar-refractivity contribution >= 4 is 24.2 Å². The van der Waals surface area contributed by atoms with Crippen molar-refractivity contribution in [3.63, 3.8) is 0 Å². The van der Waals surface area contributed by atoms with E-state index in [9.17, 15) is 9.18 Å². The maximum atomic E-state index is 12.7. The van der Waals surface area contributed by atoms with Gasteiger partial charge in [-0.15, -0.1) is 0 Å². The monoisotopic (exact) mass is 281 g/mol. The molecule has 0 spiro atoms. The van der Waals surface area contributed by atoms with Crippen LogP contribution < -0.4 is 5.32 Å². The molecule has 0 bridgehead atoms.